The van der Waals surface area contributed by atoms with Gasteiger partial charge in [0.05, 0.1) is 0 Å². The summed E-state index contributed by atoms with van der Waals surface area (Å²) in [6, 6.07) is -0.399. The van der Waals surface area contributed by atoms with Crippen molar-refractivity contribution in [3.63, 3.8) is 0 Å². The van der Waals surface area contributed by atoms with Gasteiger partial charge in [-0.05, 0) is 0 Å². The van der Waals surface area contributed by atoms with Crippen LogP contribution in [0.4, 0.5) is 4.79 Å². The Morgan fingerprint density at radius 1 is 1.92 bits per heavy atom. The van der Waals surface area contributed by atoms with Crippen LogP contribution in [0.2, 0.25) is 0 Å². The summed E-state index contributed by atoms with van der Waals surface area (Å²) in [6.07, 6.45) is 5.29. The Kier molecular flexibility index (Phi) is 2.60. The van der Waals surface area contributed by atoms with Crippen LogP contribution in [0.15, 0.2) is 25.0 Å². The molecule has 0 spiro atoms. The van der Waals surface area contributed by atoms with Crippen molar-refractivity contribution < 1.29 is 4.79 Å². The molecule has 12 heavy (non-hydrogen) atoms. The molecule has 1 amide bonds. The fraction of sp³-hybridized carbons (Fsp3) is 0.143. The summed E-state index contributed by atoms with van der Waals surface area (Å²) in [5.41, 5.74) is 2.02. The molecular weight excluding hydrogens is 156 g/mol. The maximum atomic E-state index is 11.0. The summed E-state index contributed by atoms with van der Waals surface area (Å²) in [6.45, 7) is 3.55. The lowest BCUT2D eigenvalue weighted by molar-refractivity contribution is 0.242. The first-order valence-electron chi connectivity index (χ1n) is 3.43. The Labute approximate surface area is 69.9 Å². The lowest BCUT2D eigenvalue weighted by Gasteiger charge is -2.02. The average Bonchev–Trinajstić information content (AvgIpc) is 2.52. The summed E-state index contributed by atoms with van der Waals surface area (Å²) in [5, 5.41) is 0. The molecule has 0 aliphatic carbocycles. The van der Waals surface area contributed by atoms with Gasteiger partial charge in [0.25, 0.3) is 0 Å². The van der Waals surface area contributed by atoms with Gasteiger partial charge in [0, 0.05) is 18.8 Å². The van der Waals surface area contributed by atoms with Crippen LogP contribution in [0, 0.1) is 0 Å². The third-order valence-corrected chi connectivity index (χ3v) is 1.39. The largest absolute Gasteiger partial charge is 0.341 e. The molecule has 0 aliphatic rings. The molecule has 1 aromatic rings. The third kappa shape index (κ3) is 1.51. The van der Waals surface area contributed by atoms with Crippen molar-refractivity contribution in [1.29, 1.82) is 0 Å². The Morgan fingerprint density at radius 3 is 3.25 bits per heavy atom. The molecule has 3 N–H and O–H groups in total. The molecule has 64 valence electrons. The number of imidazole rings is 1. The van der Waals surface area contributed by atoms with Crippen LogP contribution >= 0.6 is 0 Å². The highest BCUT2D eigenvalue weighted by Crippen LogP contribution is 1.97. The van der Waals surface area contributed by atoms with Crippen molar-refractivity contribution in [1.82, 2.24) is 15.0 Å². The first-order chi connectivity index (χ1) is 5.79. The van der Waals surface area contributed by atoms with Gasteiger partial charge >= 0.3 is 6.03 Å². The lowest BCUT2D eigenvalue weighted by atomic mass is 10.4. The van der Waals surface area contributed by atoms with Gasteiger partial charge in [-0.25, -0.2) is 15.6 Å². The van der Waals surface area contributed by atoms with Gasteiger partial charge in [-0.3, -0.25) is 9.99 Å². The van der Waals surface area contributed by atoms with Crippen LogP contribution in [0.1, 0.15) is 5.82 Å². The molecule has 0 fully saturated rings. The van der Waals surface area contributed by atoms with Crippen molar-refractivity contribution in [3.8, 4) is 0 Å². The van der Waals surface area contributed by atoms with Crippen molar-refractivity contribution in [2.45, 2.75) is 6.42 Å². The number of rotatable bonds is 2. The topological polar surface area (TPSA) is 72.9 Å². The van der Waals surface area contributed by atoms with E-state index >= 15 is 0 Å². The second-order valence-corrected chi connectivity index (χ2v) is 2.16. The second kappa shape index (κ2) is 3.68. The first-order valence-corrected chi connectivity index (χ1v) is 3.43. The first kappa shape index (κ1) is 8.48. The quantitative estimate of drug-likeness (QED) is 0.282. The predicted octanol–water partition coefficient (Wildman–Crippen LogP) is 0.0430. The zero-order valence-electron chi connectivity index (χ0n) is 6.53. The van der Waals surface area contributed by atoms with Crippen LogP contribution in [0.25, 0.3) is 0 Å². The zero-order chi connectivity index (χ0) is 8.97. The highest BCUT2D eigenvalue weighted by molar-refractivity contribution is 5.76. The van der Waals surface area contributed by atoms with Gasteiger partial charge in [0.1, 0.15) is 5.82 Å². The number of nitrogens with zero attached hydrogens (tertiary/aromatic N) is 2. The SMILES string of the molecule is C=CCc1nccn1C(=O)NN. The number of aromatic nitrogens is 2. The predicted molar refractivity (Wildman–Crippen MR) is 44.2 cm³/mol. The lowest BCUT2D eigenvalue weighted by Crippen LogP contribution is -2.34. The van der Waals surface area contributed by atoms with E-state index in [9.17, 15) is 4.79 Å². The number of hydrazine groups is 1. The van der Waals surface area contributed by atoms with E-state index < -0.39 is 6.03 Å². The van der Waals surface area contributed by atoms with E-state index in [0.29, 0.717) is 12.2 Å². The summed E-state index contributed by atoms with van der Waals surface area (Å²) >= 11 is 0. The fourth-order valence-corrected chi connectivity index (χ4v) is 0.869. The second-order valence-electron chi connectivity index (χ2n) is 2.16. The Balaban J connectivity index is 2.90. The minimum absolute atomic E-state index is 0.399. The highest BCUT2D eigenvalue weighted by atomic mass is 16.2. The smallest absolute Gasteiger partial charge is 0.275 e. The number of amides is 1. The Morgan fingerprint density at radius 2 is 2.67 bits per heavy atom. The van der Waals surface area contributed by atoms with Crippen molar-refractivity contribution in [3.05, 3.63) is 30.9 Å². The standard InChI is InChI=1S/C7H10N4O/c1-2-3-6-9-4-5-11(6)7(12)10-8/h2,4-5H,1,3,8H2,(H,10,12). The van der Waals surface area contributed by atoms with E-state index in [1.54, 1.807) is 12.3 Å². The van der Waals surface area contributed by atoms with Gasteiger partial charge < -0.3 is 0 Å². The maximum absolute atomic E-state index is 11.0. The maximum Gasteiger partial charge on any atom is 0.341 e. The van der Waals surface area contributed by atoms with Crippen molar-refractivity contribution in [2.24, 2.45) is 5.84 Å². The number of hydrogen-bond acceptors (Lipinski definition) is 3. The molecule has 5 heteroatoms. The molecule has 0 aliphatic heterocycles. The minimum Gasteiger partial charge on any atom is -0.275 e. The summed E-state index contributed by atoms with van der Waals surface area (Å²) in [7, 11) is 0. The van der Waals surface area contributed by atoms with E-state index in [1.807, 2.05) is 5.43 Å². The number of nitrogens with one attached hydrogen (secondary N) is 1. The number of hydrogen-bond donors (Lipinski definition) is 2. The Bertz CT molecular complexity index is 291. The molecule has 5 nitrogen and oxygen atoms in total. The summed E-state index contributed by atoms with van der Waals surface area (Å²) < 4.78 is 1.34. The molecule has 0 atom stereocenters. The molecule has 1 heterocycles. The molecule has 0 bridgehead atoms. The van der Waals surface area contributed by atoms with Gasteiger partial charge in [-0.2, -0.15) is 0 Å². The number of nitrogens with two attached hydrogens (primary N) is 1. The minimum atomic E-state index is -0.399. The van der Waals surface area contributed by atoms with Crippen molar-refractivity contribution in [2.75, 3.05) is 0 Å². The van der Waals surface area contributed by atoms with E-state index in [2.05, 4.69) is 11.6 Å². The van der Waals surface area contributed by atoms with E-state index in [0.717, 1.165) is 0 Å². The molecule has 1 aromatic heterocycles. The van der Waals surface area contributed by atoms with Crippen LogP contribution in [-0.4, -0.2) is 15.6 Å². The Hall–Kier alpha value is -1.62. The van der Waals surface area contributed by atoms with Crippen LogP contribution in [-0.2, 0) is 6.42 Å². The number of carbonyl (C=O) groups excluding carboxylic acids is 1. The van der Waals surface area contributed by atoms with Crippen LogP contribution < -0.4 is 11.3 Å². The summed E-state index contributed by atoms with van der Waals surface area (Å²) in [4.78, 5) is 15.0. The highest BCUT2D eigenvalue weighted by Gasteiger charge is 2.06. The molecule has 0 aromatic carbocycles. The monoisotopic (exact) mass is 166 g/mol. The average molecular weight is 166 g/mol. The molecule has 1 rings (SSSR count). The molecular formula is C7H10N4O. The van der Waals surface area contributed by atoms with E-state index in [1.165, 1.54) is 10.8 Å². The van der Waals surface area contributed by atoms with Crippen LogP contribution in [0.5, 0.6) is 0 Å². The molecule has 0 radical (unpaired) electrons. The van der Waals surface area contributed by atoms with Gasteiger partial charge in [-0.1, -0.05) is 6.08 Å². The fourth-order valence-electron chi connectivity index (χ4n) is 0.869. The molecule has 0 unspecified atom stereocenters. The number of carbonyl (C=O) groups is 1. The third-order valence-electron chi connectivity index (χ3n) is 1.39. The number of allylic oxidation sites excluding steroid dienone is 1. The van der Waals surface area contributed by atoms with Crippen LogP contribution in [0.3, 0.4) is 0 Å². The number of nitrogen functional groups attached to an aromatic ring is 1. The van der Waals surface area contributed by atoms with Gasteiger partial charge in [0.2, 0.25) is 0 Å². The van der Waals surface area contributed by atoms with Gasteiger partial charge in [-0.15, -0.1) is 6.58 Å². The normalized spacial score (nSPS) is 9.42. The van der Waals surface area contributed by atoms with E-state index in [4.69, 9.17) is 5.84 Å². The zero-order valence-corrected chi connectivity index (χ0v) is 6.53. The van der Waals surface area contributed by atoms with E-state index in [-0.39, 0.29) is 0 Å². The summed E-state index contributed by atoms with van der Waals surface area (Å²) in [5.74, 6) is 5.57. The van der Waals surface area contributed by atoms with Crippen molar-refractivity contribution >= 4 is 6.03 Å². The van der Waals surface area contributed by atoms with Gasteiger partial charge in [0.15, 0.2) is 0 Å². The molecule has 0 saturated heterocycles. The molecule has 0 saturated carbocycles.